The van der Waals surface area contributed by atoms with E-state index in [0.29, 0.717) is 23.0 Å². The minimum absolute atomic E-state index is 0.141. The van der Waals surface area contributed by atoms with Crippen LogP contribution in [0.4, 0.5) is 0 Å². The summed E-state index contributed by atoms with van der Waals surface area (Å²) in [7, 11) is 3.14. The molecule has 0 radical (unpaired) electrons. The number of carbonyl (C=O) groups is 1. The number of hydrogen-bond donors (Lipinski definition) is 0. The normalized spacial score (nSPS) is 22.7. The summed E-state index contributed by atoms with van der Waals surface area (Å²) in [5, 5.41) is 0. The fraction of sp³-hybridized carbons (Fsp3) is 0.462. The Morgan fingerprint density at radius 3 is 2.12 bits per heavy atom. The van der Waals surface area contributed by atoms with Crippen LogP contribution in [0.5, 0.6) is 11.5 Å². The molecule has 0 aliphatic heterocycles. The number of ether oxygens (including phenoxy) is 2. The maximum atomic E-state index is 12.2. The highest BCUT2D eigenvalue weighted by atomic mass is 16.5. The minimum Gasteiger partial charge on any atom is -0.496 e. The van der Waals surface area contributed by atoms with Crippen LogP contribution in [0.2, 0.25) is 0 Å². The van der Waals surface area contributed by atoms with Gasteiger partial charge in [-0.3, -0.25) is 4.79 Å². The van der Waals surface area contributed by atoms with Crippen LogP contribution in [0.1, 0.15) is 23.7 Å². The zero-order chi connectivity index (χ0) is 11.7. The van der Waals surface area contributed by atoms with Crippen LogP contribution in [0.15, 0.2) is 18.2 Å². The van der Waals surface area contributed by atoms with Crippen molar-refractivity contribution >= 4 is 5.78 Å². The molecule has 0 N–H and O–H groups in total. The lowest BCUT2D eigenvalue weighted by molar-refractivity contribution is 0.0956. The van der Waals surface area contributed by atoms with E-state index in [9.17, 15) is 4.79 Å². The average molecular weight is 220 g/mol. The van der Waals surface area contributed by atoms with Gasteiger partial charge in [-0.05, 0) is 24.5 Å². The van der Waals surface area contributed by atoms with Gasteiger partial charge in [0.25, 0.3) is 0 Å². The Labute approximate surface area is 95.4 Å². The first-order valence-electron chi connectivity index (χ1n) is 5.44. The lowest BCUT2D eigenvalue weighted by Gasteiger charge is -2.11. The minimum atomic E-state index is 0.141. The predicted octanol–water partition coefficient (Wildman–Crippen LogP) is 2.54. The molecular formula is C13H16O3. The van der Waals surface area contributed by atoms with Crippen molar-refractivity contribution in [2.45, 2.75) is 13.3 Å². The largest absolute Gasteiger partial charge is 0.496 e. The highest BCUT2D eigenvalue weighted by molar-refractivity contribution is 6.04. The van der Waals surface area contributed by atoms with E-state index in [4.69, 9.17) is 9.47 Å². The summed E-state index contributed by atoms with van der Waals surface area (Å²) >= 11 is 0. The van der Waals surface area contributed by atoms with Crippen LogP contribution in [-0.4, -0.2) is 20.0 Å². The molecule has 16 heavy (non-hydrogen) atoms. The van der Waals surface area contributed by atoms with Gasteiger partial charge in [0.1, 0.15) is 17.1 Å². The topological polar surface area (TPSA) is 35.5 Å². The van der Waals surface area contributed by atoms with Gasteiger partial charge in [-0.1, -0.05) is 13.0 Å². The van der Waals surface area contributed by atoms with Gasteiger partial charge in [0.05, 0.1) is 14.2 Å². The first kappa shape index (κ1) is 11.0. The third-order valence-electron chi connectivity index (χ3n) is 3.12. The molecule has 0 aromatic heterocycles. The molecule has 1 aliphatic carbocycles. The maximum absolute atomic E-state index is 12.2. The van der Waals surface area contributed by atoms with E-state index in [0.717, 1.165) is 6.42 Å². The number of hydrogen-bond acceptors (Lipinski definition) is 3. The molecule has 1 saturated carbocycles. The van der Waals surface area contributed by atoms with Crippen molar-refractivity contribution in [1.82, 2.24) is 0 Å². The first-order chi connectivity index (χ1) is 7.69. The van der Waals surface area contributed by atoms with Crippen molar-refractivity contribution in [3.8, 4) is 11.5 Å². The number of rotatable bonds is 4. The maximum Gasteiger partial charge on any atom is 0.173 e. The van der Waals surface area contributed by atoms with E-state index in [1.165, 1.54) is 0 Å². The Kier molecular flexibility index (Phi) is 2.86. The second kappa shape index (κ2) is 4.16. The van der Waals surface area contributed by atoms with Crippen molar-refractivity contribution in [1.29, 1.82) is 0 Å². The van der Waals surface area contributed by atoms with Gasteiger partial charge >= 0.3 is 0 Å². The van der Waals surface area contributed by atoms with Gasteiger partial charge in [0, 0.05) is 5.92 Å². The molecule has 2 unspecified atom stereocenters. The van der Waals surface area contributed by atoms with Crippen molar-refractivity contribution in [3.05, 3.63) is 23.8 Å². The Bertz CT molecular complexity index is 389. The summed E-state index contributed by atoms with van der Waals surface area (Å²) in [4.78, 5) is 12.2. The highest BCUT2D eigenvalue weighted by Crippen LogP contribution is 2.43. The zero-order valence-corrected chi connectivity index (χ0v) is 9.82. The van der Waals surface area contributed by atoms with E-state index in [1.54, 1.807) is 26.4 Å². The van der Waals surface area contributed by atoms with Gasteiger partial charge in [-0.15, -0.1) is 0 Å². The van der Waals surface area contributed by atoms with Crippen LogP contribution in [0.3, 0.4) is 0 Å². The molecule has 3 heteroatoms. The van der Waals surface area contributed by atoms with E-state index in [-0.39, 0.29) is 11.7 Å². The smallest absolute Gasteiger partial charge is 0.173 e. The lowest BCUT2D eigenvalue weighted by Crippen LogP contribution is -2.07. The van der Waals surface area contributed by atoms with Crippen molar-refractivity contribution in [2.75, 3.05) is 14.2 Å². The molecule has 2 atom stereocenters. The van der Waals surface area contributed by atoms with E-state index in [2.05, 4.69) is 6.92 Å². The Hall–Kier alpha value is -1.51. The number of benzene rings is 1. The van der Waals surface area contributed by atoms with E-state index in [1.807, 2.05) is 6.07 Å². The van der Waals surface area contributed by atoms with E-state index < -0.39 is 0 Å². The predicted molar refractivity (Wildman–Crippen MR) is 61.1 cm³/mol. The monoisotopic (exact) mass is 220 g/mol. The average Bonchev–Trinajstić information content (AvgIpc) is 3.04. The van der Waals surface area contributed by atoms with Crippen LogP contribution in [0, 0.1) is 11.8 Å². The Morgan fingerprint density at radius 1 is 1.25 bits per heavy atom. The van der Waals surface area contributed by atoms with Crippen LogP contribution in [0.25, 0.3) is 0 Å². The fourth-order valence-electron chi connectivity index (χ4n) is 1.97. The van der Waals surface area contributed by atoms with Gasteiger partial charge < -0.3 is 9.47 Å². The summed E-state index contributed by atoms with van der Waals surface area (Å²) in [6, 6.07) is 5.41. The lowest BCUT2D eigenvalue weighted by atomic mass is 10.0. The molecule has 3 nitrogen and oxygen atoms in total. The molecule has 0 saturated heterocycles. The summed E-state index contributed by atoms with van der Waals surface area (Å²) < 4.78 is 10.4. The summed E-state index contributed by atoms with van der Waals surface area (Å²) in [5.74, 6) is 1.97. The van der Waals surface area contributed by atoms with E-state index >= 15 is 0 Å². The highest BCUT2D eigenvalue weighted by Gasteiger charge is 2.41. The van der Waals surface area contributed by atoms with Crippen LogP contribution < -0.4 is 9.47 Å². The molecule has 1 aromatic rings. The second-order valence-corrected chi connectivity index (χ2v) is 4.22. The van der Waals surface area contributed by atoms with Gasteiger partial charge in [-0.25, -0.2) is 0 Å². The summed E-state index contributed by atoms with van der Waals surface area (Å²) in [5.41, 5.74) is 0.585. The SMILES string of the molecule is COc1cccc(OC)c1C(=O)C1CC1C. The molecule has 2 rings (SSSR count). The molecule has 0 heterocycles. The fourth-order valence-corrected chi connectivity index (χ4v) is 1.97. The molecule has 0 amide bonds. The van der Waals surface area contributed by atoms with Gasteiger partial charge in [-0.2, -0.15) is 0 Å². The molecular weight excluding hydrogens is 204 g/mol. The zero-order valence-electron chi connectivity index (χ0n) is 9.82. The second-order valence-electron chi connectivity index (χ2n) is 4.22. The van der Waals surface area contributed by atoms with Gasteiger partial charge in [0.2, 0.25) is 0 Å². The third kappa shape index (κ3) is 1.77. The Morgan fingerprint density at radius 2 is 1.75 bits per heavy atom. The van der Waals surface area contributed by atoms with Crippen molar-refractivity contribution in [3.63, 3.8) is 0 Å². The number of Topliss-reactive ketones (excluding diaryl/α,β-unsaturated/α-hetero) is 1. The van der Waals surface area contributed by atoms with Crippen LogP contribution >= 0.6 is 0 Å². The summed E-state index contributed by atoms with van der Waals surface area (Å²) in [6.45, 7) is 2.09. The quantitative estimate of drug-likeness (QED) is 0.731. The molecule has 1 aliphatic rings. The molecule has 0 spiro atoms. The number of carbonyl (C=O) groups excluding carboxylic acids is 1. The van der Waals surface area contributed by atoms with Crippen molar-refractivity contribution in [2.24, 2.45) is 11.8 Å². The third-order valence-corrected chi connectivity index (χ3v) is 3.12. The molecule has 1 aromatic carbocycles. The first-order valence-corrected chi connectivity index (χ1v) is 5.44. The molecule has 0 bridgehead atoms. The molecule has 86 valence electrons. The number of ketones is 1. The van der Waals surface area contributed by atoms with Crippen molar-refractivity contribution < 1.29 is 14.3 Å². The van der Waals surface area contributed by atoms with Crippen LogP contribution in [-0.2, 0) is 0 Å². The standard InChI is InChI=1S/C13H16O3/c1-8-7-9(8)13(14)12-10(15-2)5-4-6-11(12)16-3/h4-6,8-9H,7H2,1-3H3. The Balaban J connectivity index is 2.40. The molecule has 1 fully saturated rings. The number of methoxy groups -OCH3 is 2. The van der Waals surface area contributed by atoms with Gasteiger partial charge in [0.15, 0.2) is 5.78 Å². The summed E-state index contributed by atoms with van der Waals surface area (Å²) in [6.07, 6.45) is 0.972.